The van der Waals surface area contributed by atoms with Crippen LogP contribution < -0.4 is 10.9 Å². The summed E-state index contributed by atoms with van der Waals surface area (Å²) in [6.07, 6.45) is 0.889. The molecule has 0 spiro atoms. The van der Waals surface area contributed by atoms with E-state index in [9.17, 15) is 19.6 Å². The maximum absolute atomic E-state index is 12.8. The van der Waals surface area contributed by atoms with Gasteiger partial charge in [0.1, 0.15) is 17.7 Å². The zero-order chi connectivity index (χ0) is 23.0. The van der Waals surface area contributed by atoms with Crippen molar-refractivity contribution in [3.63, 3.8) is 0 Å². The molecule has 0 saturated heterocycles. The molecule has 2 rings (SSSR count). The summed E-state index contributed by atoms with van der Waals surface area (Å²) < 4.78 is 4.80. The van der Waals surface area contributed by atoms with Crippen LogP contribution in [0.15, 0.2) is 40.3 Å². The predicted molar refractivity (Wildman–Crippen MR) is 118 cm³/mol. The summed E-state index contributed by atoms with van der Waals surface area (Å²) in [5.41, 5.74) is 0.237. The number of esters is 1. The van der Waals surface area contributed by atoms with Crippen LogP contribution in [0.2, 0.25) is 0 Å². The fourth-order valence-corrected chi connectivity index (χ4v) is 3.87. The number of rotatable bonds is 9. The molecule has 2 N–H and O–H groups in total. The average Bonchev–Trinajstić information content (AvgIpc) is 2.76. The number of amides is 1. The first-order chi connectivity index (χ1) is 14.8. The number of nitriles is 1. The molecule has 31 heavy (non-hydrogen) atoms. The van der Waals surface area contributed by atoms with Gasteiger partial charge in [-0.15, -0.1) is 0 Å². The fourth-order valence-electron chi connectivity index (χ4n) is 2.97. The van der Waals surface area contributed by atoms with E-state index in [0.29, 0.717) is 18.4 Å². The third-order valence-corrected chi connectivity index (χ3v) is 5.73. The molecule has 2 aromatic rings. The summed E-state index contributed by atoms with van der Waals surface area (Å²) in [5.74, 6) is -0.669. The van der Waals surface area contributed by atoms with E-state index in [-0.39, 0.29) is 28.2 Å². The highest BCUT2D eigenvalue weighted by molar-refractivity contribution is 8.00. The third-order valence-electron chi connectivity index (χ3n) is 4.48. The Balaban J connectivity index is 2.30. The maximum Gasteiger partial charge on any atom is 0.328 e. The van der Waals surface area contributed by atoms with Crippen molar-refractivity contribution in [3.05, 3.63) is 46.2 Å². The highest BCUT2D eigenvalue weighted by atomic mass is 32.2. The minimum Gasteiger partial charge on any atom is -0.467 e. The van der Waals surface area contributed by atoms with Crippen LogP contribution in [0.1, 0.15) is 39.2 Å². The van der Waals surface area contributed by atoms with Gasteiger partial charge in [0, 0.05) is 5.56 Å². The van der Waals surface area contributed by atoms with E-state index in [0.717, 1.165) is 11.8 Å². The van der Waals surface area contributed by atoms with Crippen molar-refractivity contribution in [2.24, 2.45) is 5.92 Å². The van der Waals surface area contributed by atoms with Crippen LogP contribution in [0.4, 0.5) is 0 Å². The summed E-state index contributed by atoms with van der Waals surface area (Å²) >= 11 is 1.08. The van der Waals surface area contributed by atoms with E-state index < -0.39 is 22.8 Å². The molecule has 0 saturated carbocycles. The molecule has 0 fully saturated rings. The van der Waals surface area contributed by atoms with Gasteiger partial charge in [-0.25, -0.2) is 9.78 Å². The number of H-pyrrole nitrogens is 1. The Kier molecular flexibility index (Phi) is 8.82. The first-order valence-corrected chi connectivity index (χ1v) is 10.8. The van der Waals surface area contributed by atoms with E-state index in [1.807, 2.05) is 32.9 Å². The Morgan fingerprint density at radius 2 is 1.97 bits per heavy atom. The lowest BCUT2D eigenvalue weighted by atomic mass is 10.0. The summed E-state index contributed by atoms with van der Waals surface area (Å²) in [6, 6.07) is 10.1. The molecule has 2 unspecified atom stereocenters. The first-order valence-electron chi connectivity index (χ1n) is 9.95. The van der Waals surface area contributed by atoms with Crippen molar-refractivity contribution in [1.82, 2.24) is 15.3 Å². The Labute approximate surface area is 185 Å². The Bertz CT molecular complexity index is 1010. The van der Waals surface area contributed by atoms with E-state index in [4.69, 9.17) is 4.74 Å². The van der Waals surface area contributed by atoms with Gasteiger partial charge < -0.3 is 15.0 Å². The quantitative estimate of drug-likeness (QED) is 0.347. The molecule has 8 nitrogen and oxygen atoms in total. The van der Waals surface area contributed by atoms with Crippen LogP contribution in [-0.2, 0) is 14.3 Å². The topological polar surface area (TPSA) is 125 Å². The van der Waals surface area contributed by atoms with E-state index in [1.54, 1.807) is 24.3 Å². The van der Waals surface area contributed by atoms with Crippen molar-refractivity contribution in [3.8, 4) is 17.3 Å². The number of nitrogens with zero attached hydrogens (tertiary/aromatic N) is 2. The number of hydrogen-bond donors (Lipinski definition) is 2. The molecule has 0 aliphatic heterocycles. The molecule has 164 valence electrons. The fraction of sp³-hybridized carbons (Fsp3) is 0.409. The molecule has 9 heteroatoms. The number of thioether (sulfide) groups is 1. The van der Waals surface area contributed by atoms with Gasteiger partial charge in [0.15, 0.2) is 5.16 Å². The van der Waals surface area contributed by atoms with Gasteiger partial charge in [0.2, 0.25) is 5.91 Å². The molecule has 1 heterocycles. The van der Waals surface area contributed by atoms with Gasteiger partial charge in [-0.3, -0.25) is 9.59 Å². The van der Waals surface area contributed by atoms with Crippen LogP contribution >= 0.6 is 11.8 Å². The number of aromatic nitrogens is 2. The number of methoxy groups -OCH3 is 1. The summed E-state index contributed by atoms with van der Waals surface area (Å²) in [5, 5.41) is 11.8. The summed E-state index contributed by atoms with van der Waals surface area (Å²) in [7, 11) is 1.28. The second kappa shape index (κ2) is 11.3. The number of nitrogens with one attached hydrogen (secondary N) is 2. The van der Waals surface area contributed by atoms with Crippen LogP contribution in [0.5, 0.6) is 0 Å². The van der Waals surface area contributed by atoms with Gasteiger partial charge in [0.05, 0.1) is 18.1 Å². The largest absolute Gasteiger partial charge is 0.467 e. The number of ether oxygens (including phenoxy) is 1. The number of benzene rings is 1. The van der Waals surface area contributed by atoms with Gasteiger partial charge in [0.25, 0.3) is 5.56 Å². The predicted octanol–water partition coefficient (Wildman–Crippen LogP) is 2.88. The molecule has 0 radical (unpaired) electrons. The normalized spacial score (nSPS) is 12.6. The van der Waals surface area contributed by atoms with Crippen molar-refractivity contribution < 1.29 is 14.3 Å². The van der Waals surface area contributed by atoms with Crippen molar-refractivity contribution in [2.45, 2.75) is 50.1 Å². The van der Waals surface area contributed by atoms with Crippen LogP contribution in [-0.4, -0.2) is 40.2 Å². The molecule has 1 aromatic heterocycles. The number of aromatic amines is 1. The highest BCUT2D eigenvalue weighted by Gasteiger charge is 2.27. The molecule has 0 aliphatic carbocycles. The van der Waals surface area contributed by atoms with Crippen LogP contribution in [0, 0.1) is 17.2 Å². The van der Waals surface area contributed by atoms with Crippen molar-refractivity contribution in [2.75, 3.05) is 7.11 Å². The standard InChI is InChI=1S/C22H26N4O4S/c1-5-17(20(28)24-16(11-13(2)3)21(29)30-4)31-22-25-18(14-9-7-6-8-10-14)15(12-23)19(27)26-22/h6-10,13,16-17H,5,11H2,1-4H3,(H,24,28)(H,25,26,27). The Morgan fingerprint density at radius 1 is 1.29 bits per heavy atom. The van der Waals surface area contributed by atoms with Crippen LogP contribution in [0.3, 0.4) is 0 Å². The van der Waals surface area contributed by atoms with Crippen molar-refractivity contribution >= 4 is 23.6 Å². The molecular formula is C22H26N4O4S. The molecule has 1 aromatic carbocycles. The highest BCUT2D eigenvalue weighted by Crippen LogP contribution is 2.26. The van der Waals surface area contributed by atoms with Crippen molar-refractivity contribution in [1.29, 1.82) is 5.26 Å². The SMILES string of the molecule is CCC(Sc1nc(-c2ccccc2)c(C#N)c(=O)[nH]1)C(=O)NC(CC(C)C)C(=O)OC. The first kappa shape index (κ1) is 24.2. The molecule has 1 amide bonds. The van der Waals surface area contributed by atoms with Gasteiger partial charge in [-0.05, 0) is 18.8 Å². The van der Waals surface area contributed by atoms with E-state index >= 15 is 0 Å². The monoisotopic (exact) mass is 442 g/mol. The Morgan fingerprint density at radius 3 is 2.52 bits per heavy atom. The van der Waals surface area contributed by atoms with Gasteiger partial charge >= 0.3 is 5.97 Å². The van der Waals surface area contributed by atoms with E-state index in [2.05, 4.69) is 15.3 Å². The molecule has 2 atom stereocenters. The second-order valence-corrected chi connectivity index (χ2v) is 8.49. The van der Waals surface area contributed by atoms with Gasteiger partial charge in [-0.2, -0.15) is 5.26 Å². The lowest BCUT2D eigenvalue weighted by Gasteiger charge is -2.21. The minimum absolute atomic E-state index is 0.0873. The van der Waals surface area contributed by atoms with Gasteiger partial charge in [-0.1, -0.05) is 62.9 Å². The number of hydrogen-bond acceptors (Lipinski definition) is 7. The van der Waals surface area contributed by atoms with E-state index in [1.165, 1.54) is 7.11 Å². The molecule has 0 aliphatic rings. The molecular weight excluding hydrogens is 416 g/mol. The van der Waals surface area contributed by atoms with Crippen LogP contribution in [0.25, 0.3) is 11.3 Å². The molecule has 0 bridgehead atoms. The number of carbonyl (C=O) groups is 2. The average molecular weight is 443 g/mol. The maximum atomic E-state index is 12.8. The Hall–Kier alpha value is -3.12. The number of carbonyl (C=O) groups excluding carboxylic acids is 2. The third kappa shape index (κ3) is 6.43. The minimum atomic E-state index is -0.750. The summed E-state index contributed by atoms with van der Waals surface area (Å²) in [6.45, 7) is 5.72. The smallest absolute Gasteiger partial charge is 0.328 e. The lowest BCUT2D eigenvalue weighted by Crippen LogP contribution is -2.45. The summed E-state index contributed by atoms with van der Waals surface area (Å²) in [4.78, 5) is 44.3. The zero-order valence-corrected chi connectivity index (χ0v) is 18.8. The lowest BCUT2D eigenvalue weighted by molar-refractivity contribution is -0.145. The zero-order valence-electron chi connectivity index (χ0n) is 18.0. The second-order valence-electron chi connectivity index (χ2n) is 7.30.